The summed E-state index contributed by atoms with van der Waals surface area (Å²) in [6.45, 7) is 8.92. The normalized spacial score (nSPS) is 45.0. The van der Waals surface area contributed by atoms with Crippen molar-refractivity contribution in [3.05, 3.63) is 0 Å². The number of aliphatic hydroxyl groups excluding tert-OH is 1. The van der Waals surface area contributed by atoms with Crippen molar-refractivity contribution in [3.8, 4) is 0 Å². The molecule has 0 aliphatic carbocycles. The summed E-state index contributed by atoms with van der Waals surface area (Å²) in [6, 6.07) is 0. The van der Waals surface area contributed by atoms with Gasteiger partial charge in [0.25, 0.3) is 0 Å². The minimum Gasteiger partial charge on any atom is -0.466 e. The molecule has 0 aromatic carbocycles. The monoisotopic (exact) mass is 416 g/mol. The molecule has 3 fully saturated rings. The first-order valence-corrected chi connectivity index (χ1v) is 10.8. The number of fused-ring (bicyclic) bond motifs is 1. The van der Waals surface area contributed by atoms with Gasteiger partial charge in [-0.15, -0.1) is 0 Å². The van der Waals surface area contributed by atoms with Crippen molar-refractivity contribution in [1.82, 2.24) is 0 Å². The van der Waals surface area contributed by atoms with Crippen molar-refractivity contribution >= 4 is 5.97 Å². The Bertz CT molecular complexity index is 549. The molecular formula is C21H36O8. The second kappa shape index (κ2) is 9.58. The Balaban J connectivity index is 1.90. The van der Waals surface area contributed by atoms with Gasteiger partial charge in [-0.3, -0.25) is 4.79 Å². The molecule has 8 nitrogen and oxygen atoms in total. The van der Waals surface area contributed by atoms with Gasteiger partial charge in [-0.1, -0.05) is 20.8 Å². The molecule has 0 aromatic rings. The van der Waals surface area contributed by atoms with Crippen molar-refractivity contribution in [3.63, 3.8) is 0 Å². The topological polar surface area (TPSA) is 92.7 Å². The average Bonchev–Trinajstić information content (AvgIpc) is 3.14. The number of aliphatic hydroxyl groups is 1. The molecule has 168 valence electrons. The molecule has 3 heterocycles. The maximum absolute atomic E-state index is 12.1. The predicted octanol–water partition coefficient (Wildman–Crippen LogP) is 1.87. The van der Waals surface area contributed by atoms with Crippen molar-refractivity contribution in [2.24, 2.45) is 17.8 Å². The number of carbonyl (C=O) groups is 1. The van der Waals surface area contributed by atoms with Crippen LogP contribution in [0.2, 0.25) is 0 Å². The third-order valence-corrected chi connectivity index (χ3v) is 6.82. The van der Waals surface area contributed by atoms with Crippen LogP contribution < -0.4 is 0 Å². The first kappa shape index (κ1) is 22.9. The Morgan fingerprint density at radius 3 is 2.59 bits per heavy atom. The van der Waals surface area contributed by atoms with E-state index in [-0.39, 0.29) is 43.0 Å². The third-order valence-electron chi connectivity index (χ3n) is 6.82. The number of hydrogen-bond donors (Lipinski definition) is 1. The Morgan fingerprint density at radius 2 is 1.97 bits per heavy atom. The van der Waals surface area contributed by atoms with Gasteiger partial charge in [-0.25, -0.2) is 0 Å². The highest BCUT2D eigenvalue weighted by Gasteiger charge is 2.59. The molecule has 1 N–H and O–H groups in total. The Kier molecular flexibility index (Phi) is 7.56. The van der Waals surface area contributed by atoms with Gasteiger partial charge in [-0.2, -0.15) is 0 Å². The molecule has 0 radical (unpaired) electrons. The predicted molar refractivity (Wildman–Crippen MR) is 103 cm³/mol. The van der Waals surface area contributed by atoms with Crippen molar-refractivity contribution in [1.29, 1.82) is 0 Å². The smallest absolute Gasteiger partial charge is 0.308 e. The fourth-order valence-corrected chi connectivity index (χ4v) is 4.99. The van der Waals surface area contributed by atoms with Crippen molar-refractivity contribution < 1.29 is 38.3 Å². The highest BCUT2D eigenvalue weighted by molar-refractivity contribution is 5.70. The zero-order valence-corrected chi connectivity index (χ0v) is 18.2. The molecule has 3 aliphatic heterocycles. The summed E-state index contributed by atoms with van der Waals surface area (Å²) < 4.78 is 35.2. The Hall–Kier alpha value is -0.770. The lowest BCUT2D eigenvalue weighted by Gasteiger charge is -2.51. The second-order valence-electron chi connectivity index (χ2n) is 8.53. The lowest BCUT2D eigenvalue weighted by molar-refractivity contribution is -0.342. The second-order valence-corrected chi connectivity index (χ2v) is 8.53. The van der Waals surface area contributed by atoms with E-state index >= 15 is 0 Å². The minimum atomic E-state index is -0.904. The van der Waals surface area contributed by atoms with Crippen LogP contribution >= 0.6 is 0 Å². The van der Waals surface area contributed by atoms with Gasteiger partial charge in [0.1, 0.15) is 12.9 Å². The lowest BCUT2D eigenvalue weighted by atomic mass is 9.76. The molecule has 3 saturated heterocycles. The fraction of sp³-hybridized carbons (Fsp3) is 0.952. The minimum absolute atomic E-state index is 0.0116. The summed E-state index contributed by atoms with van der Waals surface area (Å²) in [5.74, 6) is -1.20. The van der Waals surface area contributed by atoms with Crippen LogP contribution in [-0.4, -0.2) is 74.5 Å². The van der Waals surface area contributed by atoms with Crippen LogP contribution in [0.1, 0.15) is 47.0 Å². The first-order valence-electron chi connectivity index (χ1n) is 10.8. The van der Waals surface area contributed by atoms with Gasteiger partial charge in [0.2, 0.25) is 0 Å². The van der Waals surface area contributed by atoms with E-state index < -0.39 is 30.2 Å². The van der Waals surface area contributed by atoms with E-state index in [2.05, 4.69) is 13.8 Å². The molecule has 3 rings (SSSR count). The quantitative estimate of drug-likeness (QED) is 0.518. The SMILES string of the molecule is CCOC(=O)C[C@@H]1O[C@@H]2[C@@H](C)[C@H](C)[C@@]3(CCCO3)O[C@H]2[C@@H](OCOC)[C@H](C)[C@H]1O. The van der Waals surface area contributed by atoms with Crippen LogP contribution in [0, 0.1) is 17.8 Å². The van der Waals surface area contributed by atoms with Crippen molar-refractivity contribution in [2.75, 3.05) is 27.1 Å². The van der Waals surface area contributed by atoms with E-state index in [1.54, 1.807) is 14.0 Å². The van der Waals surface area contributed by atoms with Crippen LogP contribution in [-0.2, 0) is 33.2 Å². The molecule has 0 aromatic heterocycles. The third kappa shape index (κ3) is 4.48. The van der Waals surface area contributed by atoms with E-state index in [0.29, 0.717) is 13.2 Å². The summed E-state index contributed by atoms with van der Waals surface area (Å²) in [5, 5.41) is 11.0. The average molecular weight is 417 g/mol. The van der Waals surface area contributed by atoms with Gasteiger partial charge in [0, 0.05) is 25.4 Å². The zero-order chi connectivity index (χ0) is 21.2. The molecule has 29 heavy (non-hydrogen) atoms. The summed E-state index contributed by atoms with van der Waals surface area (Å²) >= 11 is 0. The number of methoxy groups -OCH3 is 1. The molecule has 0 saturated carbocycles. The van der Waals surface area contributed by atoms with Gasteiger partial charge in [0.05, 0.1) is 44.1 Å². The van der Waals surface area contributed by atoms with Gasteiger partial charge in [-0.05, 0) is 19.3 Å². The van der Waals surface area contributed by atoms with Gasteiger partial charge in [0.15, 0.2) is 5.79 Å². The van der Waals surface area contributed by atoms with Crippen LogP contribution in [0.4, 0.5) is 0 Å². The van der Waals surface area contributed by atoms with Crippen LogP contribution in [0.25, 0.3) is 0 Å². The number of rotatable bonds is 6. The number of esters is 1. The number of ether oxygens (including phenoxy) is 6. The lowest BCUT2D eigenvalue weighted by Crippen LogP contribution is -2.61. The van der Waals surface area contributed by atoms with E-state index in [0.717, 1.165) is 12.8 Å². The van der Waals surface area contributed by atoms with Crippen LogP contribution in [0.3, 0.4) is 0 Å². The molecule has 0 unspecified atom stereocenters. The largest absolute Gasteiger partial charge is 0.466 e. The standard InChI is InChI=1S/C21H36O8/c1-6-25-16(22)10-15-17(23)13(3)18(26-11-24-5)20-19(28-15)12(2)14(4)21(29-20)8-7-9-27-21/h12-15,17-20,23H,6-11H2,1-5H3/t12-,13+,14-,15-,17+,18-,19+,20-,21+/m0/s1. The highest BCUT2D eigenvalue weighted by Crippen LogP contribution is 2.49. The van der Waals surface area contributed by atoms with Gasteiger partial charge < -0.3 is 33.5 Å². The van der Waals surface area contributed by atoms with E-state index in [4.69, 9.17) is 28.4 Å². The van der Waals surface area contributed by atoms with E-state index in [9.17, 15) is 9.90 Å². The van der Waals surface area contributed by atoms with E-state index in [1.165, 1.54) is 0 Å². The Morgan fingerprint density at radius 1 is 1.21 bits per heavy atom. The highest BCUT2D eigenvalue weighted by atomic mass is 16.7. The molecule has 9 atom stereocenters. The maximum Gasteiger partial charge on any atom is 0.308 e. The number of hydrogen-bond acceptors (Lipinski definition) is 8. The maximum atomic E-state index is 12.1. The first-order chi connectivity index (χ1) is 13.8. The molecule has 0 bridgehead atoms. The van der Waals surface area contributed by atoms with E-state index in [1.807, 2.05) is 6.92 Å². The zero-order valence-electron chi connectivity index (χ0n) is 18.2. The summed E-state index contributed by atoms with van der Waals surface area (Å²) in [7, 11) is 1.56. The number of carbonyl (C=O) groups excluding carboxylic acids is 1. The summed E-state index contributed by atoms with van der Waals surface area (Å²) in [6.07, 6.45) is -1.08. The van der Waals surface area contributed by atoms with Crippen LogP contribution in [0.5, 0.6) is 0 Å². The Labute approximate surface area is 173 Å². The summed E-state index contributed by atoms with van der Waals surface area (Å²) in [4.78, 5) is 12.1. The summed E-state index contributed by atoms with van der Waals surface area (Å²) in [5.41, 5.74) is 0. The molecular weight excluding hydrogens is 380 g/mol. The molecule has 3 aliphatic rings. The van der Waals surface area contributed by atoms with Crippen LogP contribution in [0.15, 0.2) is 0 Å². The fourth-order valence-electron chi connectivity index (χ4n) is 4.99. The van der Waals surface area contributed by atoms with Crippen molar-refractivity contribution in [2.45, 2.75) is 83.3 Å². The molecule has 8 heteroatoms. The molecule has 1 spiro atoms. The molecule has 0 amide bonds. The van der Waals surface area contributed by atoms with Gasteiger partial charge >= 0.3 is 5.97 Å².